The molecular weight excluding hydrogens is 745 g/mol. The van der Waals surface area contributed by atoms with Crippen LogP contribution in [0.3, 0.4) is 0 Å². The van der Waals surface area contributed by atoms with Gasteiger partial charge in [0.2, 0.25) is 0 Å². The highest BCUT2D eigenvalue weighted by Gasteiger charge is 2.24. The van der Waals surface area contributed by atoms with E-state index in [1.807, 2.05) is 0 Å². The van der Waals surface area contributed by atoms with E-state index in [4.69, 9.17) is 11.3 Å². The second kappa shape index (κ2) is 13.1. The molecule has 0 bridgehead atoms. The molecule has 0 N–H and O–H groups in total. The highest BCUT2D eigenvalue weighted by atomic mass is 32.1. The minimum atomic E-state index is 0.484. The first-order chi connectivity index (χ1) is 28.7. The maximum absolute atomic E-state index is 6.89. The molecule has 0 saturated heterocycles. The van der Waals surface area contributed by atoms with Crippen LogP contribution in [-0.2, 0) is 6.61 Å². The highest BCUT2D eigenvalue weighted by molar-refractivity contribution is 7.17. The van der Waals surface area contributed by atoms with Crippen LogP contribution in [-0.4, -0.2) is 9.13 Å². The molecule has 1 aliphatic heterocycles. The Morgan fingerprint density at radius 2 is 1.03 bits per heavy atom. The van der Waals surface area contributed by atoms with Crippen LogP contribution in [0.25, 0.3) is 87.3 Å². The second-order valence-electron chi connectivity index (χ2n) is 14.9. The van der Waals surface area contributed by atoms with E-state index in [0.717, 1.165) is 44.1 Å². The van der Waals surface area contributed by atoms with Gasteiger partial charge in [-0.05, 0) is 129 Å². The van der Waals surface area contributed by atoms with Crippen molar-refractivity contribution in [2.75, 3.05) is 0 Å². The quantitative estimate of drug-likeness (QED) is 0.174. The topological polar surface area (TPSA) is 19.1 Å². The lowest BCUT2D eigenvalue weighted by atomic mass is 9.91. The summed E-state index contributed by atoms with van der Waals surface area (Å²) >= 11 is 3.49. The minimum Gasteiger partial charge on any atom is -0.486 e. The summed E-state index contributed by atoms with van der Waals surface area (Å²) in [4.78, 5) is 1.20. The summed E-state index contributed by atoms with van der Waals surface area (Å²) in [6.07, 6.45) is 2.29. The molecule has 5 heteroatoms. The van der Waals surface area contributed by atoms with Gasteiger partial charge in [0, 0.05) is 48.7 Å². The van der Waals surface area contributed by atoms with Crippen LogP contribution < -0.4 is 4.74 Å². The second-order valence-corrected chi connectivity index (χ2v) is 16.9. The number of para-hydroxylation sites is 4. The Morgan fingerprint density at radius 1 is 0.466 bits per heavy atom. The van der Waals surface area contributed by atoms with Gasteiger partial charge in [-0.3, -0.25) is 0 Å². The molecule has 0 radical (unpaired) electrons. The Morgan fingerprint density at radius 3 is 1.71 bits per heavy atom. The molecule has 0 spiro atoms. The summed E-state index contributed by atoms with van der Waals surface area (Å²) in [5, 5.41) is 10.5. The molecular formula is C53H34N2OS2. The average Bonchev–Trinajstić information content (AvgIpc) is 4.08. The zero-order chi connectivity index (χ0) is 38.3. The van der Waals surface area contributed by atoms with Crippen molar-refractivity contribution in [3.63, 3.8) is 0 Å². The first-order valence-corrected chi connectivity index (χ1v) is 21.3. The van der Waals surface area contributed by atoms with Crippen molar-refractivity contribution in [2.45, 2.75) is 6.61 Å². The third-order valence-electron chi connectivity index (χ3n) is 11.7. The van der Waals surface area contributed by atoms with Crippen molar-refractivity contribution >= 4 is 87.5 Å². The molecule has 0 atom stereocenters. The molecule has 11 aromatic rings. The van der Waals surface area contributed by atoms with E-state index in [0.29, 0.717) is 6.61 Å². The molecule has 1 aliphatic rings. The molecule has 0 amide bonds. The molecule has 4 aromatic heterocycles. The average molecular weight is 779 g/mol. The predicted octanol–water partition coefficient (Wildman–Crippen LogP) is 14.9. The predicted molar refractivity (Wildman–Crippen MR) is 247 cm³/mol. The van der Waals surface area contributed by atoms with E-state index in [1.54, 1.807) is 22.7 Å². The number of thiophene rings is 2. The largest absolute Gasteiger partial charge is 0.486 e. The lowest BCUT2D eigenvalue weighted by Crippen LogP contribution is -1.98. The van der Waals surface area contributed by atoms with Gasteiger partial charge in [-0.15, -0.1) is 22.7 Å². The van der Waals surface area contributed by atoms with Gasteiger partial charge in [-0.1, -0.05) is 91.5 Å². The Kier molecular flexibility index (Phi) is 7.49. The highest BCUT2D eigenvalue weighted by Crippen LogP contribution is 2.47. The zero-order valence-corrected chi connectivity index (χ0v) is 33.0. The van der Waals surface area contributed by atoms with E-state index in [2.05, 4.69) is 190 Å². The third-order valence-corrected chi connectivity index (χ3v) is 13.5. The van der Waals surface area contributed by atoms with E-state index >= 15 is 0 Å². The Bertz CT molecular complexity index is 3470. The van der Waals surface area contributed by atoms with Crippen LogP contribution in [0.1, 0.15) is 21.6 Å². The van der Waals surface area contributed by atoms with Crippen LogP contribution in [0, 0.1) is 0 Å². The third kappa shape index (κ3) is 5.04. The van der Waals surface area contributed by atoms with Crippen LogP contribution in [0.2, 0.25) is 0 Å². The summed E-state index contributed by atoms with van der Waals surface area (Å²) in [6.45, 7) is 5.27. The summed E-state index contributed by atoms with van der Waals surface area (Å²) in [6, 6.07) is 59.4. The Labute approximate surface area is 343 Å². The van der Waals surface area contributed by atoms with Crippen molar-refractivity contribution < 1.29 is 4.74 Å². The minimum absolute atomic E-state index is 0.484. The molecule has 3 nitrogen and oxygen atoms in total. The van der Waals surface area contributed by atoms with E-state index in [-0.39, 0.29) is 0 Å². The van der Waals surface area contributed by atoms with Gasteiger partial charge in [0.1, 0.15) is 12.4 Å². The zero-order valence-electron chi connectivity index (χ0n) is 31.4. The maximum atomic E-state index is 6.89. The number of hydrogen-bond acceptors (Lipinski definition) is 3. The molecule has 0 aliphatic carbocycles. The van der Waals surface area contributed by atoms with Crippen LogP contribution in [0.5, 0.6) is 5.75 Å². The van der Waals surface area contributed by atoms with Crippen molar-refractivity contribution in [3.05, 3.63) is 209 Å². The van der Waals surface area contributed by atoms with Gasteiger partial charge in [-0.25, -0.2) is 0 Å². The SMILES string of the molecule is C=C1/C=C(/c2ccc3c(c2)c2ccccc2n3-c2ccccc2)c2ccsc2COc2c1cc(-c1ccc3c(c1)c1ccccc1n3-c1ccccc1)c1ccsc21. The number of allylic oxidation sites excluding steroid dienone is 2. The number of ether oxygens (including phenoxy) is 1. The fourth-order valence-corrected chi connectivity index (χ4v) is 10.8. The molecule has 0 fully saturated rings. The monoisotopic (exact) mass is 778 g/mol. The molecule has 0 saturated carbocycles. The number of aromatic nitrogens is 2. The van der Waals surface area contributed by atoms with Crippen LogP contribution in [0.4, 0.5) is 0 Å². The van der Waals surface area contributed by atoms with Gasteiger partial charge in [-0.2, -0.15) is 0 Å². The van der Waals surface area contributed by atoms with Gasteiger partial charge in [0.15, 0.2) is 0 Å². The van der Waals surface area contributed by atoms with Crippen molar-refractivity contribution in [2.24, 2.45) is 0 Å². The Hall–Kier alpha value is -6.92. The number of rotatable bonds is 4. The van der Waals surface area contributed by atoms with Crippen molar-refractivity contribution in [1.82, 2.24) is 9.13 Å². The van der Waals surface area contributed by atoms with E-state index < -0.39 is 0 Å². The number of nitrogens with zero attached hydrogens (tertiary/aromatic N) is 2. The number of hydrogen-bond donors (Lipinski definition) is 0. The standard InChI is InChI=1S/C53H34N2OS2/c1-33-28-43(34-20-22-49-45(29-34)38-16-8-10-18-47(38)54(49)36-12-4-2-5-13-36)40-24-26-57-51(40)32-56-52-42(33)31-44(41-25-27-58-53(41)52)35-21-23-50-46(30-35)39-17-9-11-19-48(39)55(50)37-14-6-3-7-15-37/h2-31H,1,32H2/b43-28-. The Balaban J connectivity index is 1.04. The lowest BCUT2D eigenvalue weighted by molar-refractivity contribution is 0.313. The first-order valence-electron chi connectivity index (χ1n) is 19.5. The molecule has 7 aromatic carbocycles. The fraction of sp³-hybridized carbons (Fsp3) is 0.0189. The molecule has 5 heterocycles. The fourth-order valence-electron chi connectivity index (χ4n) is 9.12. The van der Waals surface area contributed by atoms with E-state index in [9.17, 15) is 0 Å². The van der Waals surface area contributed by atoms with Crippen LogP contribution >= 0.6 is 22.7 Å². The number of benzene rings is 7. The first kappa shape index (κ1) is 33.2. The summed E-state index contributed by atoms with van der Waals surface area (Å²) in [5.74, 6) is 0.902. The molecule has 0 unspecified atom stereocenters. The summed E-state index contributed by atoms with van der Waals surface area (Å²) in [5.41, 5.74) is 14.9. The van der Waals surface area contributed by atoms with Gasteiger partial charge in [0.25, 0.3) is 0 Å². The number of fused-ring (bicyclic) bond motifs is 10. The molecule has 12 rings (SSSR count). The summed E-state index contributed by atoms with van der Waals surface area (Å²) < 4.78 is 12.8. The van der Waals surface area contributed by atoms with E-state index in [1.165, 1.54) is 70.6 Å². The van der Waals surface area contributed by atoms with Gasteiger partial charge < -0.3 is 13.9 Å². The van der Waals surface area contributed by atoms with Crippen LogP contribution in [0.15, 0.2) is 187 Å². The van der Waals surface area contributed by atoms with Gasteiger partial charge >= 0.3 is 0 Å². The maximum Gasteiger partial charge on any atom is 0.145 e. The van der Waals surface area contributed by atoms with Crippen molar-refractivity contribution in [3.8, 4) is 28.3 Å². The smallest absolute Gasteiger partial charge is 0.145 e. The molecule has 58 heavy (non-hydrogen) atoms. The normalized spacial score (nSPS) is 13.9. The van der Waals surface area contributed by atoms with Gasteiger partial charge in [0.05, 0.1) is 26.8 Å². The lowest BCUT2D eigenvalue weighted by Gasteiger charge is -2.16. The molecule has 274 valence electrons. The summed E-state index contributed by atoms with van der Waals surface area (Å²) in [7, 11) is 0. The van der Waals surface area contributed by atoms with Crippen molar-refractivity contribution in [1.29, 1.82) is 0 Å².